The van der Waals surface area contributed by atoms with E-state index in [1.807, 2.05) is 6.92 Å². The summed E-state index contributed by atoms with van der Waals surface area (Å²) in [5, 5.41) is 9.87. The summed E-state index contributed by atoms with van der Waals surface area (Å²) in [7, 11) is 0. The Morgan fingerprint density at radius 2 is 2.32 bits per heavy atom. The van der Waals surface area contributed by atoms with Crippen LogP contribution in [0.5, 0.6) is 0 Å². The lowest BCUT2D eigenvalue weighted by atomic mass is 9.96. The summed E-state index contributed by atoms with van der Waals surface area (Å²) in [6, 6.07) is 0. The number of nitrogens with one attached hydrogen (secondary N) is 2. The predicted octanol–water partition coefficient (Wildman–Crippen LogP) is 1.51. The number of hydrogen-bond acceptors (Lipinski definition) is 4. The first kappa shape index (κ1) is 12.0. The normalized spacial score (nSPS) is 14.2. The van der Waals surface area contributed by atoms with Crippen molar-refractivity contribution in [1.29, 1.82) is 0 Å². The second kappa shape index (κ2) is 4.87. The van der Waals surface area contributed by atoms with Gasteiger partial charge in [0.15, 0.2) is 5.69 Å². The molecule has 0 saturated carbocycles. The molecule has 3 rings (SSSR count). The first-order chi connectivity index (χ1) is 9.24. The Balaban J connectivity index is 1.69. The maximum atomic E-state index is 12.1. The van der Waals surface area contributed by atoms with E-state index in [1.165, 1.54) is 0 Å². The van der Waals surface area contributed by atoms with Crippen molar-refractivity contribution in [3.63, 3.8) is 0 Å². The Hall–Kier alpha value is -2.11. The molecule has 2 heterocycles. The van der Waals surface area contributed by atoms with Crippen molar-refractivity contribution in [3.8, 4) is 0 Å². The molecule has 0 aromatic carbocycles. The number of carbonyl (C=O) groups is 1. The number of H-pyrrole nitrogens is 1. The van der Waals surface area contributed by atoms with Crippen LogP contribution in [0.2, 0.25) is 0 Å². The molecule has 0 atom stereocenters. The molecule has 1 aliphatic rings. The van der Waals surface area contributed by atoms with Gasteiger partial charge in [-0.25, -0.2) is 4.98 Å². The van der Waals surface area contributed by atoms with Crippen molar-refractivity contribution in [2.75, 3.05) is 0 Å². The van der Waals surface area contributed by atoms with Crippen LogP contribution in [-0.2, 0) is 19.4 Å². The van der Waals surface area contributed by atoms with E-state index in [0.29, 0.717) is 11.6 Å². The third-order valence-electron chi connectivity index (χ3n) is 3.34. The SMILES string of the molecule is Cc1cnc(CNC(=O)c2n[nH]c3c2CCCC3)o1. The highest BCUT2D eigenvalue weighted by molar-refractivity contribution is 5.93. The first-order valence-corrected chi connectivity index (χ1v) is 6.49. The molecule has 2 aromatic rings. The van der Waals surface area contributed by atoms with Crippen LogP contribution in [0.25, 0.3) is 0 Å². The molecule has 0 fully saturated rings. The first-order valence-electron chi connectivity index (χ1n) is 6.49. The average molecular weight is 260 g/mol. The van der Waals surface area contributed by atoms with Crippen molar-refractivity contribution < 1.29 is 9.21 Å². The van der Waals surface area contributed by atoms with Gasteiger partial charge in [-0.05, 0) is 32.6 Å². The molecule has 0 bridgehead atoms. The number of hydrogen-bond donors (Lipinski definition) is 2. The molecule has 0 saturated heterocycles. The van der Waals surface area contributed by atoms with Crippen molar-refractivity contribution in [1.82, 2.24) is 20.5 Å². The van der Waals surface area contributed by atoms with Gasteiger partial charge in [-0.3, -0.25) is 9.89 Å². The lowest BCUT2D eigenvalue weighted by Crippen LogP contribution is -2.24. The van der Waals surface area contributed by atoms with Gasteiger partial charge in [0.2, 0.25) is 5.89 Å². The number of aromatic nitrogens is 3. The molecule has 1 amide bonds. The Labute approximate surface area is 110 Å². The van der Waals surface area contributed by atoms with Crippen molar-refractivity contribution in [3.05, 3.63) is 34.8 Å². The number of oxazole rings is 1. The van der Waals surface area contributed by atoms with Gasteiger partial charge in [0, 0.05) is 11.3 Å². The van der Waals surface area contributed by atoms with E-state index in [1.54, 1.807) is 6.20 Å². The summed E-state index contributed by atoms with van der Waals surface area (Å²) < 4.78 is 5.31. The van der Waals surface area contributed by atoms with Crippen molar-refractivity contribution >= 4 is 5.91 Å². The van der Waals surface area contributed by atoms with E-state index < -0.39 is 0 Å². The quantitative estimate of drug-likeness (QED) is 0.876. The Morgan fingerprint density at radius 3 is 3.11 bits per heavy atom. The molecule has 1 aliphatic carbocycles. The molecule has 19 heavy (non-hydrogen) atoms. The topological polar surface area (TPSA) is 83.8 Å². The van der Waals surface area contributed by atoms with E-state index in [4.69, 9.17) is 4.42 Å². The van der Waals surface area contributed by atoms with Crippen molar-refractivity contribution in [2.24, 2.45) is 0 Å². The van der Waals surface area contributed by atoms with Gasteiger partial charge in [-0.15, -0.1) is 0 Å². The van der Waals surface area contributed by atoms with Gasteiger partial charge < -0.3 is 9.73 Å². The Kier molecular flexibility index (Phi) is 3.06. The zero-order valence-corrected chi connectivity index (χ0v) is 10.8. The second-order valence-electron chi connectivity index (χ2n) is 4.78. The van der Waals surface area contributed by atoms with Crippen LogP contribution in [0.1, 0.15) is 46.2 Å². The summed E-state index contributed by atoms with van der Waals surface area (Å²) in [6.45, 7) is 2.11. The number of fused-ring (bicyclic) bond motifs is 1. The molecule has 6 nitrogen and oxygen atoms in total. The molecule has 2 N–H and O–H groups in total. The summed E-state index contributed by atoms with van der Waals surface area (Å²) >= 11 is 0. The molecular formula is C13H16N4O2. The lowest BCUT2D eigenvalue weighted by molar-refractivity contribution is 0.0941. The molecular weight excluding hydrogens is 244 g/mol. The van der Waals surface area contributed by atoms with Gasteiger partial charge in [-0.2, -0.15) is 5.10 Å². The zero-order valence-electron chi connectivity index (χ0n) is 10.8. The summed E-state index contributed by atoms with van der Waals surface area (Å²) in [4.78, 5) is 16.1. The van der Waals surface area contributed by atoms with Gasteiger partial charge in [0.25, 0.3) is 5.91 Å². The number of aryl methyl sites for hydroxylation is 2. The fraction of sp³-hybridized carbons (Fsp3) is 0.462. The molecule has 0 unspecified atom stereocenters. The minimum absolute atomic E-state index is 0.171. The second-order valence-corrected chi connectivity index (χ2v) is 4.78. The number of rotatable bonds is 3. The van der Waals surface area contributed by atoms with Crippen LogP contribution in [0.4, 0.5) is 0 Å². The van der Waals surface area contributed by atoms with Crippen LogP contribution in [-0.4, -0.2) is 21.1 Å². The summed E-state index contributed by atoms with van der Waals surface area (Å²) in [6.07, 6.45) is 5.82. The fourth-order valence-electron chi connectivity index (χ4n) is 2.39. The molecule has 2 aromatic heterocycles. The molecule has 6 heteroatoms. The van der Waals surface area contributed by atoms with Crippen molar-refractivity contribution in [2.45, 2.75) is 39.2 Å². The summed E-state index contributed by atoms with van der Waals surface area (Å²) in [5.41, 5.74) is 2.67. The zero-order chi connectivity index (χ0) is 13.2. The lowest BCUT2D eigenvalue weighted by Gasteiger charge is -2.10. The number of aromatic amines is 1. The van der Waals surface area contributed by atoms with E-state index in [0.717, 1.165) is 42.7 Å². The molecule has 0 aliphatic heterocycles. The van der Waals surface area contributed by atoms with Crippen LogP contribution >= 0.6 is 0 Å². The van der Waals surface area contributed by atoms with Crippen LogP contribution in [0.15, 0.2) is 10.6 Å². The van der Waals surface area contributed by atoms with Crippen LogP contribution < -0.4 is 5.32 Å². The number of amides is 1. The minimum Gasteiger partial charge on any atom is -0.444 e. The molecule has 0 radical (unpaired) electrons. The summed E-state index contributed by atoms with van der Waals surface area (Å²) in [5.74, 6) is 1.08. The highest BCUT2D eigenvalue weighted by atomic mass is 16.4. The van der Waals surface area contributed by atoms with E-state index >= 15 is 0 Å². The van der Waals surface area contributed by atoms with Gasteiger partial charge in [0.05, 0.1) is 12.7 Å². The van der Waals surface area contributed by atoms with E-state index in [9.17, 15) is 4.79 Å². The van der Waals surface area contributed by atoms with Gasteiger partial charge in [0.1, 0.15) is 5.76 Å². The standard InChI is InChI=1S/C13H16N4O2/c1-8-6-14-11(19-8)7-15-13(18)12-9-4-2-3-5-10(9)16-17-12/h6H,2-5,7H2,1H3,(H,15,18)(H,16,17). The smallest absolute Gasteiger partial charge is 0.272 e. The Morgan fingerprint density at radius 1 is 1.47 bits per heavy atom. The van der Waals surface area contributed by atoms with Gasteiger partial charge in [-0.1, -0.05) is 0 Å². The van der Waals surface area contributed by atoms with E-state index in [2.05, 4.69) is 20.5 Å². The number of nitrogens with zero attached hydrogens (tertiary/aromatic N) is 2. The average Bonchev–Trinajstić information content (AvgIpc) is 3.02. The third-order valence-corrected chi connectivity index (χ3v) is 3.34. The van der Waals surface area contributed by atoms with Gasteiger partial charge >= 0.3 is 0 Å². The maximum Gasteiger partial charge on any atom is 0.272 e. The third kappa shape index (κ3) is 2.38. The fourth-order valence-corrected chi connectivity index (χ4v) is 2.39. The highest BCUT2D eigenvalue weighted by Crippen LogP contribution is 2.21. The molecule has 100 valence electrons. The number of carbonyl (C=O) groups excluding carboxylic acids is 1. The van der Waals surface area contributed by atoms with E-state index in [-0.39, 0.29) is 12.5 Å². The van der Waals surface area contributed by atoms with Crippen LogP contribution in [0.3, 0.4) is 0 Å². The monoisotopic (exact) mass is 260 g/mol. The highest BCUT2D eigenvalue weighted by Gasteiger charge is 2.21. The maximum absolute atomic E-state index is 12.1. The Bertz CT molecular complexity index is 600. The minimum atomic E-state index is -0.171. The largest absolute Gasteiger partial charge is 0.444 e. The van der Waals surface area contributed by atoms with Crippen LogP contribution in [0, 0.1) is 6.92 Å². The predicted molar refractivity (Wildman–Crippen MR) is 67.6 cm³/mol. The molecule has 0 spiro atoms.